The van der Waals surface area contributed by atoms with Gasteiger partial charge >= 0.3 is 5.97 Å². The van der Waals surface area contributed by atoms with E-state index in [9.17, 15) is 9.90 Å². The molecule has 118 valence electrons. The van der Waals surface area contributed by atoms with Crippen LogP contribution in [-0.2, 0) is 10.7 Å². The number of carbonyl (C=O) groups is 1. The molecule has 0 saturated heterocycles. The number of hydrogen-bond donors (Lipinski definition) is 1. The molecule has 0 radical (unpaired) electrons. The summed E-state index contributed by atoms with van der Waals surface area (Å²) >= 11 is 9.12. The summed E-state index contributed by atoms with van der Waals surface area (Å²) in [6, 6.07) is 12.2. The third-order valence-electron chi connectivity index (χ3n) is 3.29. The number of halogens is 2. The molecule has 0 aromatic heterocycles. The van der Waals surface area contributed by atoms with Crippen molar-refractivity contribution in [3.05, 3.63) is 63.6 Å². The topological polar surface area (TPSA) is 55.8 Å². The lowest BCUT2D eigenvalue weighted by Gasteiger charge is -2.22. The molecule has 0 fully saturated rings. The van der Waals surface area contributed by atoms with E-state index in [4.69, 9.17) is 21.1 Å². The minimum atomic E-state index is -1.37. The monoisotopic (exact) mass is 394 g/mol. The van der Waals surface area contributed by atoms with Crippen LogP contribution in [0.2, 0.25) is 0 Å². The summed E-state index contributed by atoms with van der Waals surface area (Å²) in [4.78, 5) is 12.3. The van der Waals surface area contributed by atoms with Crippen molar-refractivity contribution in [2.24, 2.45) is 0 Å². The molecular formula is C17H12BrClO4. The first-order valence-corrected chi connectivity index (χ1v) is 8.12. The van der Waals surface area contributed by atoms with Gasteiger partial charge in [0.25, 0.3) is 0 Å². The first kappa shape index (κ1) is 16.1. The maximum absolute atomic E-state index is 12.3. The molecule has 2 aromatic rings. The van der Waals surface area contributed by atoms with Crippen molar-refractivity contribution in [3.63, 3.8) is 0 Å². The molecule has 1 unspecified atom stereocenters. The standard InChI is InChI=1S/C17H12BrClO4/c18-12-2-1-3-13(8-12)22-16(20)14-7-11-6-10(9-19)4-5-15(11)23-17(14)21/h1-8,17,21H,9H2. The molecule has 4 nitrogen and oxygen atoms in total. The van der Waals surface area contributed by atoms with E-state index in [1.165, 1.54) is 0 Å². The van der Waals surface area contributed by atoms with E-state index in [-0.39, 0.29) is 5.57 Å². The van der Waals surface area contributed by atoms with Crippen LogP contribution >= 0.6 is 27.5 Å². The number of benzene rings is 2. The quantitative estimate of drug-likeness (QED) is 0.487. The molecule has 1 aliphatic heterocycles. The van der Waals surface area contributed by atoms with Gasteiger partial charge in [0, 0.05) is 15.9 Å². The van der Waals surface area contributed by atoms with Gasteiger partial charge in [0.15, 0.2) is 0 Å². The normalized spacial score (nSPS) is 16.1. The molecule has 3 rings (SSSR count). The number of carbonyl (C=O) groups excluding carboxylic acids is 1. The SMILES string of the molecule is O=C(Oc1cccc(Br)c1)C1=Cc2cc(CCl)ccc2OC1O. The lowest BCUT2D eigenvalue weighted by molar-refractivity contribution is -0.133. The Hall–Kier alpha value is -1.82. The molecule has 0 spiro atoms. The summed E-state index contributed by atoms with van der Waals surface area (Å²) in [5.41, 5.74) is 1.60. The average molecular weight is 396 g/mol. The highest BCUT2D eigenvalue weighted by Crippen LogP contribution is 2.31. The number of hydrogen-bond acceptors (Lipinski definition) is 4. The number of fused-ring (bicyclic) bond motifs is 1. The molecule has 1 atom stereocenters. The molecule has 1 heterocycles. The molecule has 1 N–H and O–H groups in total. The second-order valence-corrected chi connectivity index (χ2v) is 6.11. The van der Waals surface area contributed by atoms with E-state index < -0.39 is 12.3 Å². The fourth-order valence-corrected chi connectivity index (χ4v) is 2.72. The predicted octanol–water partition coefficient (Wildman–Crippen LogP) is 3.89. The van der Waals surface area contributed by atoms with E-state index in [1.807, 2.05) is 6.07 Å². The Morgan fingerprint density at radius 2 is 2.13 bits per heavy atom. The summed E-state index contributed by atoms with van der Waals surface area (Å²) in [7, 11) is 0. The van der Waals surface area contributed by atoms with Crippen molar-refractivity contribution < 1.29 is 19.4 Å². The van der Waals surface area contributed by atoms with Crippen molar-refractivity contribution in [2.75, 3.05) is 0 Å². The number of esters is 1. The lowest BCUT2D eigenvalue weighted by Crippen LogP contribution is -2.29. The highest BCUT2D eigenvalue weighted by Gasteiger charge is 2.27. The Bertz CT molecular complexity index is 788. The second-order valence-electron chi connectivity index (χ2n) is 4.92. The smallest absolute Gasteiger partial charge is 0.345 e. The maximum Gasteiger partial charge on any atom is 0.345 e. The van der Waals surface area contributed by atoms with Gasteiger partial charge in [-0.2, -0.15) is 0 Å². The number of aliphatic hydroxyl groups excluding tert-OH is 1. The van der Waals surface area contributed by atoms with E-state index in [2.05, 4.69) is 15.9 Å². The minimum absolute atomic E-state index is 0.0317. The number of ether oxygens (including phenoxy) is 2. The van der Waals surface area contributed by atoms with Crippen LogP contribution in [0.3, 0.4) is 0 Å². The number of aliphatic hydroxyl groups is 1. The summed E-state index contributed by atoms with van der Waals surface area (Å²) in [6.45, 7) is 0. The Kier molecular flexibility index (Phi) is 4.71. The van der Waals surface area contributed by atoms with Crippen LogP contribution in [0.5, 0.6) is 11.5 Å². The summed E-state index contributed by atoms with van der Waals surface area (Å²) < 4.78 is 11.4. The number of alkyl halides is 1. The third-order valence-corrected chi connectivity index (χ3v) is 4.09. The maximum atomic E-state index is 12.3. The molecule has 1 aliphatic rings. The van der Waals surface area contributed by atoms with Gasteiger partial charge in [-0.1, -0.05) is 28.1 Å². The van der Waals surface area contributed by atoms with Crippen molar-refractivity contribution in [1.29, 1.82) is 0 Å². The third kappa shape index (κ3) is 3.58. The van der Waals surface area contributed by atoms with E-state index in [1.54, 1.807) is 42.5 Å². The molecule has 6 heteroatoms. The second kappa shape index (κ2) is 6.74. The first-order valence-electron chi connectivity index (χ1n) is 6.80. The Balaban J connectivity index is 1.88. The average Bonchev–Trinajstić information content (AvgIpc) is 2.53. The fraction of sp³-hybridized carbons (Fsp3) is 0.118. The van der Waals surface area contributed by atoms with Gasteiger partial charge in [-0.3, -0.25) is 0 Å². The van der Waals surface area contributed by atoms with Crippen LogP contribution in [0.4, 0.5) is 0 Å². The van der Waals surface area contributed by atoms with Crippen molar-refractivity contribution in [2.45, 2.75) is 12.2 Å². The summed E-state index contributed by atoms with van der Waals surface area (Å²) in [5.74, 6) is 0.544. The first-order chi connectivity index (χ1) is 11.1. The van der Waals surface area contributed by atoms with Crippen LogP contribution in [0.15, 0.2) is 52.5 Å². The Morgan fingerprint density at radius 1 is 1.30 bits per heavy atom. The zero-order chi connectivity index (χ0) is 16.4. The van der Waals surface area contributed by atoms with E-state index in [0.29, 0.717) is 22.9 Å². The van der Waals surface area contributed by atoms with Crippen molar-refractivity contribution in [1.82, 2.24) is 0 Å². The zero-order valence-corrected chi connectivity index (χ0v) is 14.2. The summed E-state index contributed by atoms with van der Waals surface area (Å²) in [5, 5.41) is 10.0. The minimum Gasteiger partial charge on any atom is -0.460 e. The van der Waals surface area contributed by atoms with Gasteiger partial charge in [-0.15, -0.1) is 11.6 Å². The Labute approximate surface area is 146 Å². The lowest BCUT2D eigenvalue weighted by atomic mass is 10.0. The van der Waals surface area contributed by atoms with Crippen LogP contribution in [0.25, 0.3) is 6.08 Å². The highest BCUT2D eigenvalue weighted by molar-refractivity contribution is 9.10. The van der Waals surface area contributed by atoms with Gasteiger partial charge < -0.3 is 14.6 Å². The highest BCUT2D eigenvalue weighted by atomic mass is 79.9. The van der Waals surface area contributed by atoms with Gasteiger partial charge in [0.1, 0.15) is 17.1 Å². The molecule has 0 amide bonds. The molecule has 2 aromatic carbocycles. The van der Waals surface area contributed by atoms with Crippen LogP contribution in [-0.4, -0.2) is 17.4 Å². The van der Waals surface area contributed by atoms with Gasteiger partial charge in [0.05, 0.1) is 0 Å². The van der Waals surface area contributed by atoms with Crippen molar-refractivity contribution >= 4 is 39.6 Å². The molecular weight excluding hydrogens is 384 g/mol. The zero-order valence-electron chi connectivity index (χ0n) is 11.8. The molecule has 0 bridgehead atoms. The predicted molar refractivity (Wildman–Crippen MR) is 90.4 cm³/mol. The fourth-order valence-electron chi connectivity index (χ4n) is 2.18. The van der Waals surface area contributed by atoms with Gasteiger partial charge in [0.2, 0.25) is 6.29 Å². The summed E-state index contributed by atoms with van der Waals surface area (Å²) in [6.07, 6.45) is 0.184. The van der Waals surface area contributed by atoms with Crippen LogP contribution in [0, 0.1) is 0 Å². The Morgan fingerprint density at radius 3 is 2.87 bits per heavy atom. The van der Waals surface area contributed by atoms with E-state index in [0.717, 1.165) is 10.0 Å². The molecule has 0 saturated carbocycles. The largest absolute Gasteiger partial charge is 0.460 e. The van der Waals surface area contributed by atoms with Crippen molar-refractivity contribution in [3.8, 4) is 11.5 Å². The van der Waals surface area contributed by atoms with Gasteiger partial charge in [-0.25, -0.2) is 4.79 Å². The van der Waals surface area contributed by atoms with Gasteiger partial charge in [-0.05, 0) is 42.0 Å². The van der Waals surface area contributed by atoms with Crippen LogP contribution < -0.4 is 9.47 Å². The molecule has 0 aliphatic carbocycles. The van der Waals surface area contributed by atoms with Crippen LogP contribution in [0.1, 0.15) is 11.1 Å². The van der Waals surface area contributed by atoms with E-state index >= 15 is 0 Å². The molecule has 23 heavy (non-hydrogen) atoms. The number of rotatable bonds is 3.